The molecular formula is C30H42N4O4Si. The second kappa shape index (κ2) is 11.4. The third-order valence-corrected chi connectivity index (χ3v) is 9.60. The molecule has 0 radical (unpaired) electrons. The molecule has 0 spiro atoms. The maximum atomic E-state index is 13.7. The number of aromatic nitrogens is 3. The van der Waals surface area contributed by atoms with Crippen LogP contribution in [0.25, 0.3) is 22.3 Å². The Hall–Kier alpha value is -2.75. The molecule has 1 aromatic carbocycles. The molecule has 5 rings (SSSR count). The Labute approximate surface area is 232 Å². The van der Waals surface area contributed by atoms with Crippen LogP contribution in [0.15, 0.2) is 24.5 Å². The summed E-state index contributed by atoms with van der Waals surface area (Å²) >= 11 is 0. The SMILES string of the molecule is Cc1ccc(OCC2CC2)c(-c2ncnc3c(C(=O)N[C@H]4CCC[C@@H]4O)c(C)n(COCC[Si](C)(C)C)c23)c1. The fourth-order valence-electron chi connectivity index (χ4n) is 5.25. The molecule has 8 nitrogen and oxygen atoms in total. The maximum absolute atomic E-state index is 13.7. The van der Waals surface area contributed by atoms with Gasteiger partial charge in [-0.25, -0.2) is 9.97 Å². The van der Waals surface area contributed by atoms with Crippen molar-refractivity contribution in [1.29, 1.82) is 0 Å². The number of carbonyl (C=O) groups excluding carboxylic acids is 1. The first-order valence-corrected chi connectivity index (χ1v) is 18.0. The Bertz CT molecular complexity index is 1340. The van der Waals surface area contributed by atoms with Crippen LogP contribution in [-0.4, -0.2) is 59.0 Å². The number of aliphatic hydroxyl groups excluding tert-OH is 1. The predicted molar refractivity (Wildman–Crippen MR) is 156 cm³/mol. The molecule has 2 aliphatic carbocycles. The summed E-state index contributed by atoms with van der Waals surface area (Å²) < 4.78 is 14.5. The van der Waals surface area contributed by atoms with Gasteiger partial charge in [-0.05, 0) is 70.0 Å². The molecule has 2 heterocycles. The van der Waals surface area contributed by atoms with Gasteiger partial charge in [-0.1, -0.05) is 31.3 Å². The van der Waals surface area contributed by atoms with Crippen LogP contribution >= 0.6 is 0 Å². The number of benzene rings is 1. The molecule has 2 fully saturated rings. The molecule has 2 atom stereocenters. The number of ether oxygens (including phenoxy) is 2. The molecule has 0 unspecified atom stereocenters. The van der Waals surface area contributed by atoms with Crippen LogP contribution in [0, 0.1) is 19.8 Å². The van der Waals surface area contributed by atoms with Crippen LogP contribution in [0.4, 0.5) is 0 Å². The first kappa shape index (κ1) is 27.8. The first-order valence-electron chi connectivity index (χ1n) is 14.3. The summed E-state index contributed by atoms with van der Waals surface area (Å²) in [5.74, 6) is 1.19. The summed E-state index contributed by atoms with van der Waals surface area (Å²) in [4.78, 5) is 23.0. The summed E-state index contributed by atoms with van der Waals surface area (Å²) in [6.07, 6.45) is 5.82. The fourth-order valence-corrected chi connectivity index (χ4v) is 6.01. The minimum Gasteiger partial charge on any atom is -0.493 e. The van der Waals surface area contributed by atoms with E-state index in [9.17, 15) is 9.90 Å². The second-order valence-corrected chi connectivity index (χ2v) is 18.1. The molecule has 2 aliphatic rings. The minimum atomic E-state index is -1.26. The number of aryl methyl sites for hydroxylation is 1. The standard InChI is InChI=1S/C30H42N4O4Si/c1-19-9-12-25(38-16-21-10-11-21)22(15-19)27-29-28(32-17-31-27)26(30(36)33-23-7-6-8-24(23)35)20(2)34(29)18-37-13-14-39(3,4)5/h9,12,15,17,21,23-24,35H,6-8,10-11,13-14,16,18H2,1-5H3,(H,33,36)/t23-,24-/m0/s1. The molecule has 3 aromatic rings. The van der Waals surface area contributed by atoms with Crippen molar-refractivity contribution in [1.82, 2.24) is 19.9 Å². The van der Waals surface area contributed by atoms with E-state index in [0.29, 0.717) is 43.4 Å². The molecular weight excluding hydrogens is 508 g/mol. The third kappa shape index (κ3) is 6.36. The predicted octanol–water partition coefficient (Wildman–Crippen LogP) is 5.46. The number of aliphatic hydroxyl groups is 1. The molecule has 2 aromatic heterocycles. The van der Waals surface area contributed by atoms with Crippen molar-refractivity contribution >= 4 is 25.0 Å². The molecule has 2 saturated carbocycles. The lowest BCUT2D eigenvalue weighted by molar-refractivity contribution is 0.0856. The van der Waals surface area contributed by atoms with Gasteiger partial charge in [-0.15, -0.1) is 0 Å². The summed E-state index contributed by atoms with van der Waals surface area (Å²) in [6, 6.07) is 6.97. The highest BCUT2D eigenvalue weighted by atomic mass is 28.3. The van der Waals surface area contributed by atoms with Crippen molar-refractivity contribution < 1.29 is 19.4 Å². The number of hydrogen-bond donors (Lipinski definition) is 2. The van der Waals surface area contributed by atoms with Crippen LogP contribution in [0.3, 0.4) is 0 Å². The van der Waals surface area contributed by atoms with Crippen molar-refractivity contribution in [3.63, 3.8) is 0 Å². The minimum absolute atomic E-state index is 0.219. The van der Waals surface area contributed by atoms with E-state index in [1.54, 1.807) is 0 Å². The summed E-state index contributed by atoms with van der Waals surface area (Å²) in [5.41, 5.74) is 5.36. The van der Waals surface area contributed by atoms with Gasteiger partial charge in [-0.3, -0.25) is 4.79 Å². The quantitative estimate of drug-likeness (QED) is 0.243. The highest BCUT2D eigenvalue weighted by Crippen LogP contribution is 2.38. The van der Waals surface area contributed by atoms with Gasteiger partial charge in [0.25, 0.3) is 5.91 Å². The Balaban J connectivity index is 1.58. The normalized spacial score (nSPS) is 19.5. The summed E-state index contributed by atoms with van der Waals surface area (Å²) in [7, 11) is -1.26. The Morgan fingerprint density at radius 3 is 2.64 bits per heavy atom. The topological polar surface area (TPSA) is 98.5 Å². The lowest BCUT2D eigenvalue weighted by atomic mass is 10.1. The number of fused-ring (bicyclic) bond motifs is 1. The first-order chi connectivity index (χ1) is 18.6. The van der Waals surface area contributed by atoms with E-state index in [2.05, 4.69) is 49.0 Å². The molecule has 0 aliphatic heterocycles. The highest BCUT2D eigenvalue weighted by Gasteiger charge is 2.31. The second-order valence-electron chi connectivity index (χ2n) is 12.5. The van der Waals surface area contributed by atoms with Gasteiger partial charge in [0, 0.05) is 25.9 Å². The van der Waals surface area contributed by atoms with Crippen molar-refractivity contribution in [3.8, 4) is 17.0 Å². The van der Waals surface area contributed by atoms with Crippen LogP contribution in [-0.2, 0) is 11.5 Å². The average molecular weight is 551 g/mol. The summed E-state index contributed by atoms with van der Waals surface area (Å²) in [6.45, 7) is 12.7. The molecule has 210 valence electrons. The number of nitrogens with zero attached hydrogens (tertiary/aromatic N) is 3. The molecule has 39 heavy (non-hydrogen) atoms. The molecule has 2 N–H and O–H groups in total. The number of amides is 1. The molecule has 1 amide bonds. The number of rotatable bonds is 11. The molecule has 0 saturated heterocycles. The monoisotopic (exact) mass is 550 g/mol. The summed E-state index contributed by atoms with van der Waals surface area (Å²) in [5, 5.41) is 13.4. The number of nitrogens with one attached hydrogen (secondary N) is 1. The van der Waals surface area contributed by atoms with Gasteiger partial charge in [0.15, 0.2) is 0 Å². The van der Waals surface area contributed by atoms with E-state index in [1.165, 1.54) is 19.2 Å². The van der Waals surface area contributed by atoms with E-state index in [4.69, 9.17) is 14.5 Å². The molecule has 0 bridgehead atoms. The van der Waals surface area contributed by atoms with Gasteiger partial charge < -0.3 is 24.5 Å². The lowest BCUT2D eigenvalue weighted by Gasteiger charge is -2.17. The van der Waals surface area contributed by atoms with Gasteiger partial charge in [-0.2, -0.15) is 0 Å². The van der Waals surface area contributed by atoms with E-state index in [-0.39, 0.29) is 11.9 Å². The Morgan fingerprint density at radius 2 is 1.95 bits per heavy atom. The third-order valence-electron chi connectivity index (χ3n) is 7.90. The lowest BCUT2D eigenvalue weighted by Crippen LogP contribution is -2.40. The fraction of sp³-hybridized carbons (Fsp3) is 0.567. The zero-order valence-corrected chi connectivity index (χ0v) is 24.9. The van der Waals surface area contributed by atoms with Crippen molar-refractivity contribution in [2.24, 2.45) is 5.92 Å². The van der Waals surface area contributed by atoms with Gasteiger partial charge in [0.1, 0.15) is 30.0 Å². The zero-order chi connectivity index (χ0) is 27.7. The van der Waals surface area contributed by atoms with E-state index in [0.717, 1.165) is 52.7 Å². The molecule has 9 heteroatoms. The largest absolute Gasteiger partial charge is 0.493 e. The van der Waals surface area contributed by atoms with Crippen molar-refractivity contribution in [2.45, 2.75) is 90.5 Å². The van der Waals surface area contributed by atoms with Crippen LogP contribution in [0.1, 0.15) is 53.7 Å². The van der Waals surface area contributed by atoms with Crippen LogP contribution in [0.2, 0.25) is 25.7 Å². The smallest absolute Gasteiger partial charge is 0.255 e. The van der Waals surface area contributed by atoms with E-state index in [1.807, 2.05) is 17.6 Å². The Morgan fingerprint density at radius 1 is 1.15 bits per heavy atom. The van der Waals surface area contributed by atoms with Gasteiger partial charge in [0.2, 0.25) is 0 Å². The number of carbonyl (C=O) groups is 1. The zero-order valence-electron chi connectivity index (χ0n) is 23.9. The van der Waals surface area contributed by atoms with Crippen LogP contribution in [0.5, 0.6) is 5.75 Å². The maximum Gasteiger partial charge on any atom is 0.255 e. The van der Waals surface area contributed by atoms with Gasteiger partial charge >= 0.3 is 0 Å². The number of hydrogen-bond acceptors (Lipinski definition) is 6. The highest BCUT2D eigenvalue weighted by molar-refractivity contribution is 6.76. The van der Waals surface area contributed by atoms with Crippen molar-refractivity contribution in [2.75, 3.05) is 13.2 Å². The van der Waals surface area contributed by atoms with Gasteiger partial charge in [0.05, 0.1) is 29.8 Å². The van der Waals surface area contributed by atoms with E-state index < -0.39 is 14.2 Å². The average Bonchev–Trinajstić information content (AvgIpc) is 3.56. The van der Waals surface area contributed by atoms with Crippen molar-refractivity contribution in [3.05, 3.63) is 41.3 Å². The van der Waals surface area contributed by atoms with E-state index >= 15 is 0 Å². The van der Waals surface area contributed by atoms with Crippen LogP contribution < -0.4 is 10.1 Å². The Kier molecular flexibility index (Phi) is 8.12.